The van der Waals surface area contributed by atoms with E-state index < -0.39 is 19.0 Å². The van der Waals surface area contributed by atoms with Gasteiger partial charge in [-0.25, -0.2) is 4.79 Å². The van der Waals surface area contributed by atoms with Crippen LogP contribution < -0.4 is 0 Å². The molecular formula is C14H21O5P. The molecule has 1 aromatic rings. The molecule has 0 unspecified atom stereocenters. The van der Waals surface area contributed by atoms with Gasteiger partial charge >= 0.3 is 13.6 Å². The van der Waals surface area contributed by atoms with Crippen molar-refractivity contribution in [2.45, 2.75) is 33.1 Å². The van der Waals surface area contributed by atoms with Crippen LogP contribution in [0.5, 0.6) is 0 Å². The van der Waals surface area contributed by atoms with Crippen molar-refractivity contribution in [3.63, 3.8) is 0 Å². The van der Waals surface area contributed by atoms with Crippen molar-refractivity contribution < 1.29 is 24.3 Å². The zero-order valence-electron chi connectivity index (χ0n) is 11.7. The monoisotopic (exact) mass is 300 g/mol. The Balaban J connectivity index is 2.95. The first-order valence-corrected chi connectivity index (χ1v) is 8.38. The fraction of sp³-hybridized carbons (Fsp3) is 0.500. The second-order valence-corrected chi connectivity index (χ2v) is 6.85. The Bertz CT molecular complexity index is 499. The van der Waals surface area contributed by atoms with Crippen LogP contribution in [-0.2, 0) is 11.0 Å². The van der Waals surface area contributed by atoms with Gasteiger partial charge in [-0.2, -0.15) is 0 Å². The molecule has 20 heavy (non-hydrogen) atoms. The number of carbonyl (C=O) groups is 1. The molecule has 3 N–H and O–H groups in total. The van der Waals surface area contributed by atoms with Gasteiger partial charge in [0.15, 0.2) is 0 Å². The first-order chi connectivity index (χ1) is 9.21. The van der Waals surface area contributed by atoms with Gasteiger partial charge < -0.3 is 14.9 Å². The molecule has 0 bridgehead atoms. The van der Waals surface area contributed by atoms with Gasteiger partial charge in [0, 0.05) is 0 Å². The Morgan fingerprint density at radius 3 is 2.00 bits per heavy atom. The number of hydrogen-bond acceptors (Lipinski definition) is 2. The standard InChI is InChI=1S/C14H21O5P/c1-3-14(4-2,10-20(17,18)19)9-11-5-7-12(8-6-11)13(15)16/h5-8H,3-4,9-10H2,1-2H3,(H,15,16)(H2,17,18,19). The smallest absolute Gasteiger partial charge is 0.335 e. The highest BCUT2D eigenvalue weighted by Crippen LogP contribution is 2.46. The summed E-state index contributed by atoms with van der Waals surface area (Å²) in [5.41, 5.74) is 0.651. The summed E-state index contributed by atoms with van der Waals surface area (Å²) in [7, 11) is -4.08. The third-order valence-electron chi connectivity index (χ3n) is 3.82. The summed E-state index contributed by atoms with van der Waals surface area (Å²) in [6.07, 6.45) is 1.71. The van der Waals surface area contributed by atoms with Crippen molar-refractivity contribution in [1.82, 2.24) is 0 Å². The minimum absolute atomic E-state index is 0.145. The van der Waals surface area contributed by atoms with Gasteiger partial charge in [0.05, 0.1) is 11.7 Å². The summed E-state index contributed by atoms with van der Waals surface area (Å²) in [6, 6.07) is 6.46. The van der Waals surface area contributed by atoms with Crippen molar-refractivity contribution >= 4 is 13.6 Å². The molecular weight excluding hydrogens is 279 g/mol. The van der Waals surface area contributed by atoms with Crippen LogP contribution in [0.2, 0.25) is 0 Å². The second-order valence-electron chi connectivity index (χ2n) is 5.21. The van der Waals surface area contributed by atoms with Crippen molar-refractivity contribution in [3.8, 4) is 0 Å². The van der Waals surface area contributed by atoms with Crippen LogP contribution >= 0.6 is 7.60 Å². The summed E-state index contributed by atoms with van der Waals surface area (Å²) in [5, 5.41) is 8.85. The first kappa shape index (κ1) is 16.9. The second kappa shape index (κ2) is 6.53. The van der Waals surface area contributed by atoms with Gasteiger partial charge in [-0.1, -0.05) is 26.0 Å². The van der Waals surface area contributed by atoms with Gasteiger partial charge in [0.25, 0.3) is 0 Å². The highest BCUT2D eigenvalue weighted by molar-refractivity contribution is 7.51. The fourth-order valence-corrected chi connectivity index (χ4v) is 3.85. The molecule has 1 rings (SSSR count). The molecule has 0 aliphatic carbocycles. The molecule has 0 amide bonds. The van der Waals surface area contributed by atoms with E-state index in [1.807, 2.05) is 13.8 Å². The molecule has 0 saturated heterocycles. The van der Waals surface area contributed by atoms with Crippen molar-refractivity contribution in [1.29, 1.82) is 0 Å². The van der Waals surface area contributed by atoms with E-state index >= 15 is 0 Å². The largest absolute Gasteiger partial charge is 0.478 e. The summed E-state index contributed by atoms with van der Waals surface area (Å²) in [6.45, 7) is 3.84. The van der Waals surface area contributed by atoms with E-state index in [0.717, 1.165) is 5.56 Å². The third-order valence-corrected chi connectivity index (χ3v) is 4.90. The zero-order chi connectivity index (χ0) is 15.4. The lowest BCUT2D eigenvalue weighted by atomic mass is 9.78. The summed E-state index contributed by atoms with van der Waals surface area (Å²) >= 11 is 0. The molecule has 5 nitrogen and oxygen atoms in total. The Kier molecular flexibility index (Phi) is 5.51. The van der Waals surface area contributed by atoms with Crippen LogP contribution in [0.3, 0.4) is 0 Å². The number of carboxylic acids is 1. The minimum atomic E-state index is -4.08. The van der Waals surface area contributed by atoms with Crippen LogP contribution in [0.4, 0.5) is 0 Å². The molecule has 0 aliphatic heterocycles. The molecule has 0 aromatic heterocycles. The molecule has 0 heterocycles. The van der Waals surface area contributed by atoms with E-state index in [-0.39, 0.29) is 11.7 Å². The molecule has 112 valence electrons. The lowest BCUT2D eigenvalue weighted by molar-refractivity contribution is 0.0697. The predicted octanol–water partition coefficient (Wildman–Crippen LogP) is 2.91. The summed E-state index contributed by atoms with van der Waals surface area (Å²) in [5.74, 6) is -0.982. The number of aromatic carboxylic acids is 1. The average Bonchev–Trinajstić information content (AvgIpc) is 2.37. The first-order valence-electron chi connectivity index (χ1n) is 6.58. The average molecular weight is 300 g/mol. The lowest BCUT2D eigenvalue weighted by Gasteiger charge is -2.32. The van der Waals surface area contributed by atoms with Gasteiger partial charge in [-0.15, -0.1) is 0 Å². The molecule has 0 saturated carbocycles. The quantitative estimate of drug-likeness (QED) is 0.673. The van der Waals surface area contributed by atoms with Crippen LogP contribution in [0.25, 0.3) is 0 Å². The third kappa shape index (κ3) is 4.75. The summed E-state index contributed by atoms with van der Waals surface area (Å²) < 4.78 is 11.3. The van der Waals surface area contributed by atoms with Gasteiger partial charge in [0.2, 0.25) is 0 Å². The van der Waals surface area contributed by atoms with Crippen LogP contribution in [0.15, 0.2) is 24.3 Å². The maximum Gasteiger partial charge on any atom is 0.335 e. The minimum Gasteiger partial charge on any atom is -0.478 e. The number of hydrogen-bond donors (Lipinski definition) is 3. The van der Waals surface area contributed by atoms with Crippen molar-refractivity contribution in [2.24, 2.45) is 5.41 Å². The van der Waals surface area contributed by atoms with Crippen molar-refractivity contribution in [3.05, 3.63) is 35.4 Å². The topological polar surface area (TPSA) is 94.8 Å². The molecule has 0 radical (unpaired) electrons. The van der Waals surface area contributed by atoms with Gasteiger partial charge in [-0.05, 0) is 42.4 Å². The Labute approximate surface area is 118 Å². The maximum atomic E-state index is 11.3. The van der Waals surface area contributed by atoms with Gasteiger partial charge in [-0.3, -0.25) is 4.57 Å². The number of rotatable bonds is 7. The summed E-state index contributed by atoms with van der Waals surface area (Å²) in [4.78, 5) is 29.3. The van der Waals surface area contributed by atoms with Gasteiger partial charge in [0.1, 0.15) is 0 Å². The number of benzene rings is 1. The maximum absolute atomic E-state index is 11.3. The van der Waals surface area contributed by atoms with Crippen molar-refractivity contribution in [2.75, 3.05) is 6.16 Å². The molecule has 0 aliphatic rings. The van der Waals surface area contributed by atoms with E-state index in [9.17, 15) is 19.1 Å². The van der Waals surface area contributed by atoms with E-state index in [1.165, 1.54) is 12.1 Å². The highest BCUT2D eigenvalue weighted by Gasteiger charge is 2.34. The predicted molar refractivity (Wildman–Crippen MR) is 77.0 cm³/mol. The Hall–Kier alpha value is -1.16. The van der Waals surface area contributed by atoms with Crippen LogP contribution in [0.1, 0.15) is 42.6 Å². The van der Waals surface area contributed by atoms with E-state index in [2.05, 4.69) is 0 Å². The highest BCUT2D eigenvalue weighted by atomic mass is 31.2. The SMILES string of the molecule is CCC(CC)(Cc1ccc(C(=O)O)cc1)CP(=O)(O)O. The zero-order valence-corrected chi connectivity index (χ0v) is 12.6. The molecule has 6 heteroatoms. The van der Waals surface area contributed by atoms with Crippen LogP contribution in [0, 0.1) is 5.41 Å². The Morgan fingerprint density at radius 1 is 1.15 bits per heavy atom. The fourth-order valence-electron chi connectivity index (χ4n) is 2.41. The van der Waals surface area contributed by atoms with Crippen LogP contribution in [-0.4, -0.2) is 27.0 Å². The normalized spacial score (nSPS) is 12.4. The number of carboxylic acid groups (broad SMARTS) is 1. The molecule has 0 fully saturated rings. The van der Waals surface area contributed by atoms with E-state index in [0.29, 0.717) is 19.3 Å². The molecule has 0 atom stereocenters. The Morgan fingerprint density at radius 2 is 1.65 bits per heavy atom. The van der Waals surface area contributed by atoms with E-state index in [4.69, 9.17) is 5.11 Å². The van der Waals surface area contributed by atoms with E-state index in [1.54, 1.807) is 12.1 Å². The lowest BCUT2D eigenvalue weighted by Crippen LogP contribution is -2.26. The molecule has 1 aromatic carbocycles. The molecule has 0 spiro atoms.